The highest BCUT2D eigenvalue weighted by Crippen LogP contribution is 2.16. The molecule has 0 radical (unpaired) electrons. The predicted octanol–water partition coefficient (Wildman–Crippen LogP) is 2.76. The average molecular weight is 342 g/mol. The molecule has 0 heterocycles. The molecule has 0 spiro atoms. The van der Waals surface area contributed by atoms with Crippen LogP contribution in [-0.4, -0.2) is 25.0 Å². The third-order valence-corrected chi connectivity index (χ3v) is 3.40. The van der Waals surface area contributed by atoms with Crippen molar-refractivity contribution in [2.24, 2.45) is 5.73 Å². The lowest BCUT2D eigenvalue weighted by molar-refractivity contribution is -0.120. The van der Waals surface area contributed by atoms with Crippen molar-refractivity contribution in [3.63, 3.8) is 0 Å². The van der Waals surface area contributed by atoms with Gasteiger partial charge in [0.25, 0.3) is 11.8 Å². The van der Waals surface area contributed by atoms with Crippen LogP contribution in [0.2, 0.25) is 0 Å². The Bertz CT molecular complexity index is 755. The minimum Gasteiger partial charge on any atom is -0.484 e. The van der Waals surface area contributed by atoms with E-state index in [4.69, 9.17) is 10.5 Å². The second kappa shape index (κ2) is 8.63. The van der Waals surface area contributed by atoms with Crippen molar-refractivity contribution in [2.45, 2.75) is 6.92 Å². The lowest BCUT2D eigenvalue weighted by Gasteiger charge is -2.19. The molecule has 130 valence electrons. The SMILES string of the molecule is CCN(C(=O)/C=C/c1ccc(OCC(N)=O)cc1)c1ccc(F)cc1. The number of primary amides is 1. The summed E-state index contributed by atoms with van der Waals surface area (Å²) in [5.74, 6) is -0.580. The van der Waals surface area contributed by atoms with E-state index in [1.54, 1.807) is 47.4 Å². The van der Waals surface area contributed by atoms with Crippen molar-refractivity contribution in [1.29, 1.82) is 0 Å². The summed E-state index contributed by atoms with van der Waals surface area (Å²) in [6.07, 6.45) is 3.12. The van der Waals surface area contributed by atoms with E-state index in [0.717, 1.165) is 5.56 Å². The summed E-state index contributed by atoms with van der Waals surface area (Å²) in [7, 11) is 0. The quantitative estimate of drug-likeness (QED) is 0.787. The zero-order chi connectivity index (χ0) is 18.2. The van der Waals surface area contributed by atoms with Crippen LogP contribution in [0.4, 0.5) is 10.1 Å². The molecule has 0 fully saturated rings. The van der Waals surface area contributed by atoms with Crippen LogP contribution in [0.3, 0.4) is 0 Å². The van der Waals surface area contributed by atoms with Gasteiger partial charge < -0.3 is 15.4 Å². The van der Waals surface area contributed by atoms with E-state index in [1.165, 1.54) is 18.2 Å². The number of carbonyl (C=O) groups excluding carboxylic acids is 2. The van der Waals surface area contributed by atoms with Crippen LogP contribution in [0.15, 0.2) is 54.6 Å². The fourth-order valence-electron chi connectivity index (χ4n) is 2.17. The smallest absolute Gasteiger partial charge is 0.255 e. The van der Waals surface area contributed by atoms with Crippen molar-refractivity contribution in [1.82, 2.24) is 0 Å². The Morgan fingerprint density at radius 3 is 2.32 bits per heavy atom. The molecule has 0 aliphatic carbocycles. The molecule has 2 amide bonds. The van der Waals surface area contributed by atoms with Gasteiger partial charge in [0.1, 0.15) is 11.6 Å². The van der Waals surface area contributed by atoms with Gasteiger partial charge >= 0.3 is 0 Å². The number of benzene rings is 2. The Labute approximate surface area is 145 Å². The van der Waals surface area contributed by atoms with E-state index >= 15 is 0 Å². The third kappa shape index (κ3) is 5.46. The first kappa shape index (κ1) is 18.2. The van der Waals surface area contributed by atoms with Gasteiger partial charge in [0.15, 0.2) is 6.61 Å². The molecule has 2 N–H and O–H groups in total. The molecular formula is C19H19FN2O3. The first-order chi connectivity index (χ1) is 12.0. The van der Waals surface area contributed by atoms with Gasteiger partial charge in [0.2, 0.25) is 0 Å². The van der Waals surface area contributed by atoms with Crippen LogP contribution >= 0.6 is 0 Å². The molecule has 25 heavy (non-hydrogen) atoms. The number of likely N-dealkylation sites (N-methyl/N-ethyl adjacent to an activating group) is 1. The van der Waals surface area contributed by atoms with E-state index in [9.17, 15) is 14.0 Å². The Balaban J connectivity index is 2.02. The average Bonchev–Trinajstić information content (AvgIpc) is 2.61. The van der Waals surface area contributed by atoms with Gasteiger partial charge in [-0.3, -0.25) is 9.59 Å². The predicted molar refractivity (Wildman–Crippen MR) is 94.6 cm³/mol. The number of carbonyl (C=O) groups is 2. The fourth-order valence-corrected chi connectivity index (χ4v) is 2.17. The minimum atomic E-state index is -0.546. The molecular weight excluding hydrogens is 323 g/mol. The van der Waals surface area contributed by atoms with Gasteiger partial charge in [0, 0.05) is 18.3 Å². The molecule has 2 rings (SSSR count). The van der Waals surface area contributed by atoms with Crippen molar-refractivity contribution in [3.05, 3.63) is 66.0 Å². The summed E-state index contributed by atoms with van der Waals surface area (Å²) in [6, 6.07) is 12.7. The van der Waals surface area contributed by atoms with Crippen LogP contribution in [0, 0.1) is 5.82 Å². The molecule has 0 bridgehead atoms. The molecule has 0 atom stereocenters. The van der Waals surface area contributed by atoms with E-state index < -0.39 is 5.91 Å². The highest BCUT2D eigenvalue weighted by atomic mass is 19.1. The Kier molecular flexibility index (Phi) is 6.28. The standard InChI is InChI=1S/C19H19FN2O3/c1-2-22(16-8-6-15(20)7-9-16)19(24)12-5-14-3-10-17(11-4-14)25-13-18(21)23/h3-12H,2,13H2,1H3,(H2,21,23)/b12-5+. The van der Waals surface area contributed by atoms with Crippen molar-refractivity contribution >= 4 is 23.6 Å². The zero-order valence-electron chi connectivity index (χ0n) is 13.8. The fraction of sp³-hybridized carbons (Fsp3) is 0.158. The molecule has 2 aromatic rings. The molecule has 0 saturated heterocycles. The maximum Gasteiger partial charge on any atom is 0.255 e. The number of halogens is 1. The molecule has 2 aromatic carbocycles. The first-order valence-corrected chi connectivity index (χ1v) is 7.76. The third-order valence-electron chi connectivity index (χ3n) is 3.40. The Morgan fingerprint density at radius 2 is 1.76 bits per heavy atom. The number of nitrogens with two attached hydrogens (primary N) is 1. The van der Waals surface area contributed by atoms with E-state index in [2.05, 4.69) is 0 Å². The van der Waals surface area contributed by atoms with Crippen molar-refractivity contribution in [3.8, 4) is 5.75 Å². The minimum absolute atomic E-state index is 0.184. The number of ether oxygens (including phenoxy) is 1. The number of nitrogens with zero attached hydrogens (tertiary/aromatic N) is 1. The largest absolute Gasteiger partial charge is 0.484 e. The van der Waals surface area contributed by atoms with Gasteiger partial charge in [-0.1, -0.05) is 12.1 Å². The Morgan fingerprint density at radius 1 is 1.12 bits per heavy atom. The molecule has 5 nitrogen and oxygen atoms in total. The lowest BCUT2D eigenvalue weighted by atomic mass is 10.2. The molecule has 6 heteroatoms. The summed E-state index contributed by atoms with van der Waals surface area (Å²) >= 11 is 0. The van der Waals surface area contributed by atoms with Gasteiger partial charge in [-0.05, 0) is 55.0 Å². The van der Waals surface area contributed by atoms with Crippen LogP contribution in [0.1, 0.15) is 12.5 Å². The van der Waals surface area contributed by atoms with Crippen LogP contribution in [0.5, 0.6) is 5.75 Å². The van der Waals surface area contributed by atoms with Crippen molar-refractivity contribution in [2.75, 3.05) is 18.1 Å². The van der Waals surface area contributed by atoms with Gasteiger partial charge in [0.05, 0.1) is 0 Å². The number of rotatable bonds is 7. The molecule has 0 aromatic heterocycles. The summed E-state index contributed by atoms with van der Waals surface area (Å²) in [5, 5.41) is 0. The summed E-state index contributed by atoms with van der Waals surface area (Å²) in [4.78, 5) is 24.6. The lowest BCUT2D eigenvalue weighted by Crippen LogP contribution is -2.28. The number of anilines is 1. The molecule has 0 aliphatic heterocycles. The van der Waals surface area contributed by atoms with E-state index in [-0.39, 0.29) is 18.3 Å². The number of hydrogen-bond acceptors (Lipinski definition) is 3. The topological polar surface area (TPSA) is 72.6 Å². The number of amides is 2. The van der Waals surface area contributed by atoms with Crippen LogP contribution in [-0.2, 0) is 9.59 Å². The molecule has 0 saturated carbocycles. The second-order valence-corrected chi connectivity index (χ2v) is 5.22. The summed E-state index contributed by atoms with van der Waals surface area (Å²) < 4.78 is 18.2. The number of hydrogen-bond donors (Lipinski definition) is 1. The van der Waals surface area contributed by atoms with Gasteiger partial charge in [-0.25, -0.2) is 4.39 Å². The molecule has 0 aliphatic rings. The molecule has 0 unspecified atom stereocenters. The van der Waals surface area contributed by atoms with Gasteiger partial charge in [-0.2, -0.15) is 0 Å². The zero-order valence-corrected chi connectivity index (χ0v) is 13.8. The maximum absolute atomic E-state index is 13.0. The van der Waals surface area contributed by atoms with E-state index in [0.29, 0.717) is 18.0 Å². The summed E-state index contributed by atoms with van der Waals surface area (Å²) in [6.45, 7) is 2.13. The normalized spacial score (nSPS) is 10.6. The van der Waals surface area contributed by atoms with Crippen LogP contribution in [0.25, 0.3) is 6.08 Å². The highest BCUT2D eigenvalue weighted by Gasteiger charge is 2.10. The first-order valence-electron chi connectivity index (χ1n) is 7.76. The van der Waals surface area contributed by atoms with Gasteiger partial charge in [-0.15, -0.1) is 0 Å². The maximum atomic E-state index is 13.0. The Hall–Kier alpha value is -3.15. The van der Waals surface area contributed by atoms with Crippen molar-refractivity contribution < 1.29 is 18.7 Å². The monoisotopic (exact) mass is 342 g/mol. The second-order valence-electron chi connectivity index (χ2n) is 5.22. The van der Waals surface area contributed by atoms with Crippen LogP contribution < -0.4 is 15.4 Å². The highest BCUT2D eigenvalue weighted by molar-refractivity contribution is 6.03. The summed E-state index contributed by atoms with van der Waals surface area (Å²) in [5.41, 5.74) is 6.44. The van der Waals surface area contributed by atoms with E-state index in [1.807, 2.05) is 6.92 Å².